The summed E-state index contributed by atoms with van der Waals surface area (Å²) in [6.45, 7) is 0.382. The normalized spacial score (nSPS) is 12.8. The van der Waals surface area contributed by atoms with Gasteiger partial charge in [-0.25, -0.2) is 4.39 Å². The van der Waals surface area contributed by atoms with E-state index in [1.165, 1.54) is 12.1 Å². The summed E-state index contributed by atoms with van der Waals surface area (Å²) in [6.07, 6.45) is 1.82. The molecule has 0 saturated carbocycles. The van der Waals surface area contributed by atoms with Crippen LogP contribution in [0.2, 0.25) is 0 Å². The summed E-state index contributed by atoms with van der Waals surface area (Å²) in [6, 6.07) is 13.5. The Morgan fingerprint density at radius 2 is 1.80 bits per heavy atom. The molecule has 0 atom stereocenters. The lowest BCUT2D eigenvalue weighted by molar-refractivity contribution is 0.628. The summed E-state index contributed by atoms with van der Waals surface area (Å²) in [5.74, 6) is -0.290. The largest absolute Gasteiger partial charge is 0.399 e. The van der Waals surface area contributed by atoms with Crippen molar-refractivity contribution in [1.29, 1.82) is 0 Å². The van der Waals surface area contributed by atoms with Crippen LogP contribution in [0.5, 0.6) is 0 Å². The average molecular weight is 333 g/mol. The predicted octanol–water partition coefficient (Wildman–Crippen LogP) is 3.12. The van der Waals surface area contributed by atoms with Gasteiger partial charge in [0.1, 0.15) is 5.82 Å². The first-order chi connectivity index (χ1) is 12.0. The Labute approximate surface area is 144 Å². The number of benzene rings is 2. The maximum Gasteiger partial charge on any atom is 0.250 e. The number of nitrogen functional groups attached to an aromatic ring is 1. The van der Waals surface area contributed by atoms with Crippen LogP contribution in [0.4, 0.5) is 10.1 Å². The summed E-state index contributed by atoms with van der Waals surface area (Å²) in [5, 5.41) is 0. The first kappa shape index (κ1) is 15.3. The highest BCUT2D eigenvalue weighted by atomic mass is 19.1. The molecule has 0 bridgehead atoms. The highest BCUT2D eigenvalue weighted by Gasteiger charge is 2.20. The quantitative estimate of drug-likeness (QED) is 0.696. The molecule has 0 fully saturated rings. The number of nitrogens with two attached hydrogens (primary N) is 1. The number of aromatic nitrogens is 1. The first-order valence-electron chi connectivity index (χ1n) is 7.93. The van der Waals surface area contributed by atoms with E-state index < -0.39 is 0 Å². The third-order valence-corrected chi connectivity index (χ3v) is 4.43. The molecule has 2 heterocycles. The maximum atomic E-state index is 13.3. The van der Waals surface area contributed by atoms with Gasteiger partial charge in [0.15, 0.2) is 0 Å². The van der Waals surface area contributed by atoms with E-state index in [-0.39, 0.29) is 11.4 Å². The summed E-state index contributed by atoms with van der Waals surface area (Å²) in [5.41, 5.74) is 11.8. The monoisotopic (exact) mass is 333 g/mol. The predicted molar refractivity (Wildman–Crippen MR) is 97.3 cm³/mol. The standard InChI is InChI=1S/C20H16FN3O/c1-24-11-18-13(8-19(24)25)10-23-20(12-2-4-14(21)5-3-12)16-7-6-15(22)9-17(16)18/h2-9,11H,10,22H2,1H3. The van der Waals surface area contributed by atoms with Gasteiger partial charge in [0.25, 0.3) is 5.56 Å². The smallest absolute Gasteiger partial charge is 0.250 e. The van der Waals surface area contributed by atoms with E-state index in [0.29, 0.717) is 12.2 Å². The zero-order chi connectivity index (χ0) is 17.6. The van der Waals surface area contributed by atoms with E-state index in [1.54, 1.807) is 29.8 Å². The van der Waals surface area contributed by atoms with E-state index in [0.717, 1.165) is 33.5 Å². The van der Waals surface area contributed by atoms with Gasteiger partial charge in [-0.2, -0.15) is 0 Å². The lowest BCUT2D eigenvalue weighted by Gasteiger charge is -2.13. The summed E-state index contributed by atoms with van der Waals surface area (Å²) in [7, 11) is 1.72. The molecule has 5 heteroatoms. The Bertz CT molecular complexity index is 1070. The molecular formula is C20H16FN3O. The van der Waals surface area contributed by atoms with Gasteiger partial charge in [-0.1, -0.05) is 6.07 Å². The number of nitrogens with zero attached hydrogens (tertiary/aromatic N) is 2. The van der Waals surface area contributed by atoms with Crippen molar-refractivity contribution >= 4 is 11.4 Å². The van der Waals surface area contributed by atoms with Gasteiger partial charge in [0.05, 0.1) is 12.3 Å². The molecule has 0 spiro atoms. The van der Waals surface area contributed by atoms with Crippen LogP contribution in [0.25, 0.3) is 11.1 Å². The van der Waals surface area contributed by atoms with Crippen LogP contribution < -0.4 is 11.3 Å². The molecule has 3 aromatic rings. The van der Waals surface area contributed by atoms with Crippen molar-refractivity contribution in [3.05, 3.63) is 87.6 Å². The molecule has 2 N–H and O–H groups in total. The number of fused-ring (bicyclic) bond motifs is 3. The van der Waals surface area contributed by atoms with E-state index in [4.69, 9.17) is 10.7 Å². The van der Waals surface area contributed by atoms with Crippen molar-refractivity contribution in [2.75, 3.05) is 5.73 Å². The van der Waals surface area contributed by atoms with Crippen LogP contribution in [-0.4, -0.2) is 10.3 Å². The van der Waals surface area contributed by atoms with Crippen molar-refractivity contribution in [2.24, 2.45) is 12.0 Å². The van der Waals surface area contributed by atoms with Gasteiger partial charge in [-0.15, -0.1) is 0 Å². The molecule has 1 aliphatic heterocycles. The number of anilines is 1. The second kappa shape index (κ2) is 5.70. The van der Waals surface area contributed by atoms with Crippen molar-refractivity contribution in [1.82, 2.24) is 4.57 Å². The molecule has 0 unspecified atom stereocenters. The van der Waals surface area contributed by atoms with Crippen molar-refractivity contribution in [3.8, 4) is 11.1 Å². The van der Waals surface area contributed by atoms with Gasteiger partial charge in [0, 0.05) is 41.7 Å². The molecule has 1 aliphatic rings. The van der Waals surface area contributed by atoms with Gasteiger partial charge in [0.2, 0.25) is 0 Å². The molecule has 0 radical (unpaired) electrons. The van der Waals surface area contributed by atoms with Crippen LogP contribution in [0.1, 0.15) is 16.7 Å². The zero-order valence-electron chi connectivity index (χ0n) is 13.7. The number of rotatable bonds is 1. The minimum absolute atomic E-state index is 0.0790. The SMILES string of the molecule is Cn1cc2c(cc1=O)CN=C(c1ccc(F)cc1)c1ccc(N)cc1-2. The second-order valence-electron chi connectivity index (χ2n) is 6.14. The molecule has 0 aliphatic carbocycles. The fourth-order valence-corrected chi connectivity index (χ4v) is 3.14. The summed E-state index contributed by atoms with van der Waals surface area (Å²) in [4.78, 5) is 16.7. The molecule has 25 heavy (non-hydrogen) atoms. The van der Waals surface area contributed by atoms with Crippen LogP contribution in [0, 0.1) is 5.82 Å². The van der Waals surface area contributed by atoms with Crippen molar-refractivity contribution in [2.45, 2.75) is 6.54 Å². The van der Waals surface area contributed by atoms with E-state index in [1.807, 2.05) is 24.4 Å². The zero-order valence-corrected chi connectivity index (χ0v) is 13.7. The van der Waals surface area contributed by atoms with Crippen LogP contribution in [0.15, 0.2) is 64.5 Å². The minimum atomic E-state index is -0.290. The lowest BCUT2D eigenvalue weighted by Crippen LogP contribution is -2.16. The van der Waals surface area contributed by atoms with Gasteiger partial charge < -0.3 is 10.3 Å². The van der Waals surface area contributed by atoms with Gasteiger partial charge >= 0.3 is 0 Å². The lowest BCUT2D eigenvalue weighted by atomic mass is 9.92. The van der Waals surface area contributed by atoms with Crippen LogP contribution in [-0.2, 0) is 13.6 Å². The van der Waals surface area contributed by atoms with Crippen molar-refractivity contribution in [3.63, 3.8) is 0 Å². The maximum absolute atomic E-state index is 13.3. The Kier molecular flexibility index (Phi) is 3.50. The fraction of sp³-hybridized carbons (Fsp3) is 0.100. The van der Waals surface area contributed by atoms with Gasteiger partial charge in [-0.3, -0.25) is 9.79 Å². The first-order valence-corrected chi connectivity index (χ1v) is 7.93. The topological polar surface area (TPSA) is 60.4 Å². The van der Waals surface area contributed by atoms with Crippen LogP contribution >= 0.6 is 0 Å². The third-order valence-electron chi connectivity index (χ3n) is 4.43. The number of aliphatic imine (C=N–C) groups is 1. The Morgan fingerprint density at radius 3 is 2.56 bits per heavy atom. The highest BCUT2D eigenvalue weighted by molar-refractivity contribution is 6.17. The summed E-state index contributed by atoms with van der Waals surface area (Å²) >= 11 is 0. The highest BCUT2D eigenvalue weighted by Crippen LogP contribution is 2.33. The molecule has 0 saturated heterocycles. The molecular weight excluding hydrogens is 317 g/mol. The third kappa shape index (κ3) is 2.63. The Morgan fingerprint density at radius 1 is 1.04 bits per heavy atom. The second-order valence-corrected chi connectivity index (χ2v) is 6.14. The molecule has 0 amide bonds. The molecule has 124 valence electrons. The average Bonchev–Trinajstić information content (AvgIpc) is 2.73. The molecule has 1 aromatic heterocycles. The number of hydrogen-bond donors (Lipinski definition) is 1. The van der Waals surface area contributed by atoms with Gasteiger partial charge in [-0.05, 0) is 47.5 Å². The van der Waals surface area contributed by atoms with Crippen LogP contribution in [0.3, 0.4) is 0 Å². The number of aryl methyl sites for hydroxylation is 1. The Hall–Kier alpha value is -3.21. The Balaban J connectivity index is 2.00. The van der Waals surface area contributed by atoms with Crippen molar-refractivity contribution < 1.29 is 4.39 Å². The van der Waals surface area contributed by atoms with E-state index in [2.05, 4.69) is 0 Å². The molecule has 2 aromatic carbocycles. The molecule has 4 rings (SSSR count). The molecule has 4 nitrogen and oxygen atoms in total. The van der Waals surface area contributed by atoms with E-state index in [9.17, 15) is 9.18 Å². The van der Waals surface area contributed by atoms with E-state index >= 15 is 0 Å². The minimum Gasteiger partial charge on any atom is -0.399 e. The number of hydrogen-bond acceptors (Lipinski definition) is 3. The fourth-order valence-electron chi connectivity index (χ4n) is 3.14. The number of pyridine rings is 1. The summed E-state index contributed by atoms with van der Waals surface area (Å²) < 4.78 is 14.8. The number of halogens is 1.